The zero-order valence-electron chi connectivity index (χ0n) is 10.2. The molecule has 0 fully saturated rings. The lowest BCUT2D eigenvalue weighted by Crippen LogP contribution is -2.03. The minimum atomic E-state index is 0.173. The molecule has 92 valence electrons. The molecule has 2 aromatic rings. The first-order valence-corrected chi connectivity index (χ1v) is 6.12. The molecule has 0 bridgehead atoms. The Hall–Kier alpha value is -2.09. The minimum absolute atomic E-state index is 0.173. The average Bonchev–Trinajstić information content (AvgIpc) is 2.45. The van der Waals surface area contributed by atoms with Crippen LogP contribution in [-0.4, -0.2) is 12.4 Å². The first-order chi connectivity index (χ1) is 8.86. The Morgan fingerprint density at radius 1 is 0.889 bits per heavy atom. The van der Waals surface area contributed by atoms with E-state index in [0.717, 1.165) is 17.7 Å². The highest BCUT2D eigenvalue weighted by molar-refractivity contribution is 5.95. The predicted octanol–water partition coefficient (Wildman–Crippen LogP) is 3.73. The van der Waals surface area contributed by atoms with Gasteiger partial charge in [0.15, 0.2) is 5.78 Å². The van der Waals surface area contributed by atoms with Crippen LogP contribution in [0, 0.1) is 0 Å². The molecule has 0 aliphatic heterocycles. The van der Waals surface area contributed by atoms with Crippen molar-refractivity contribution in [2.45, 2.75) is 12.8 Å². The Morgan fingerprint density at radius 3 is 2.17 bits per heavy atom. The molecule has 18 heavy (non-hydrogen) atoms. The van der Waals surface area contributed by atoms with Gasteiger partial charge in [0, 0.05) is 12.0 Å². The van der Waals surface area contributed by atoms with Gasteiger partial charge in [-0.2, -0.15) is 0 Å². The van der Waals surface area contributed by atoms with Crippen LogP contribution in [-0.2, 0) is 0 Å². The quantitative estimate of drug-likeness (QED) is 0.568. The summed E-state index contributed by atoms with van der Waals surface area (Å²) < 4.78 is 5.54. The first-order valence-electron chi connectivity index (χ1n) is 6.12. The van der Waals surface area contributed by atoms with Crippen LogP contribution in [0.2, 0.25) is 0 Å². The summed E-state index contributed by atoms with van der Waals surface area (Å²) in [5.74, 6) is 1.02. The van der Waals surface area contributed by atoms with Crippen molar-refractivity contribution in [3.63, 3.8) is 0 Å². The van der Waals surface area contributed by atoms with Gasteiger partial charge in [0.05, 0.1) is 6.61 Å². The number of ketones is 1. The van der Waals surface area contributed by atoms with E-state index < -0.39 is 0 Å². The third-order valence-corrected chi connectivity index (χ3v) is 2.66. The molecule has 0 heterocycles. The smallest absolute Gasteiger partial charge is 0.163 e. The maximum Gasteiger partial charge on any atom is 0.163 e. The van der Waals surface area contributed by atoms with E-state index in [4.69, 9.17) is 4.74 Å². The molecule has 0 radical (unpaired) electrons. The zero-order chi connectivity index (χ0) is 12.6. The van der Waals surface area contributed by atoms with Crippen molar-refractivity contribution < 1.29 is 9.53 Å². The molecule has 2 aromatic carbocycles. The molecule has 0 aromatic heterocycles. The summed E-state index contributed by atoms with van der Waals surface area (Å²) in [5, 5.41) is 0. The van der Waals surface area contributed by atoms with E-state index in [1.54, 1.807) is 0 Å². The Bertz CT molecular complexity index is 477. The van der Waals surface area contributed by atoms with Gasteiger partial charge in [-0.25, -0.2) is 0 Å². The van der Waals surface area contributed by atoms with E-state index in [9.17, 15) is 4.79 Å². The van der Waals surface area contributed by atoms with Gasteiger partial charge < -0.3 is 4.74 Å². The normalized spacial score (nSPS) is 10.0. The summed E-state index contributed by atoms with van der Waals surface area (Å²) in [7, 11) is 0. The van der Waals surface area contributed by atoms with E-state index in [0.29, 0.717) is 13.0 Å². The number of para-hydroxylation sites is 1. The Labute approximate surface area is 107 Å². The maximum absolute atomic E-state index is 11.8. The second kappa shape index (κ2) is 6.60. The summed E-state index contributed by atoms with van der Waals surface area (Å²) in [5.41, 5.74) is 0.775. The second-order valence-corrected chi connectivity index (χ2v) is 4.05. The predicted molar refractivity (Wildman–Crippen MR) is 71.9 cm³/mol. The van der Waals surface area contributed by atoms with Crippen LogP contribution in [0.15, 0.2) is 60.7 Å². The van der Waals surface area contributed by atoms with Crippen molar-refractivity contribution >= 4 is 5.78 Å². The lowest BCUT2D eigenvalue weighted by molar-refractivity contribution is 0.0973. The fourth-order valence-electron chi connectivity index (χ4n) is 1.71. The zero-order valence-corrected chi connectivity index (χ0v) is 10.2. The summed E-state index contributed by atoms with van der Waals surface area (Å²) in [4.78, 5) is 11.8. The molecule has 0 aliphatic rings. The van der Waals surface area contributed by atoms with Crippen LogP contribution < -0.4 is 4.74 Å². The van der Waals surface area contributed by atoms with Gasteiger partial charge in [-0.3, -0.25) is 4.79 Å². The van der Waals surface area contributed by atoms with Crippen LogP contribution >= 0.6 is 0 Å². The summed E-state index contributed by atoms with van der Waals surface area (Å²) in [6.07, 6.45) is 1.26. The van der Waals surface area contributed by atoms with Crippen LogP contribution in [0.4, 0.5) is 0 Å². The minimum Gasteiger partial charge on any atom is -0.494 e. The lowest BCUT2D eigenvalue weighted by Gasteiger charge is -2.05. The lowest BCUT2D eigenvalue weighted by atomic mass is 10.1. The molecular weight excluding hydrogens is 224 g/mol. The summed E-state index contributed by atoms with van der Waals surface area (Å²) >= 11 is 0. The number of carbonyl (C=O) groups is 1. The molecular formula is C16H16O2. The van der Waals surface area contributed by atoms with Gasteiger partial charge in [-0.05, 0) is 18.6 Å². The Kier molecular flexibility index (Phi) is 4.53. The molecule has 0 atom stereocenters. The van der Waals surface area contributed by atoms with Gasteiger partial charge in [0.2, 0.25) is 0 Å². The van der Waals surface area contributed by atoms with Crippen LogP contribution in [0.25, 0.3) is 0 Å². The molecule has 2 heteroatoms. The average molecular weight is 240 g/mol. The molecule has 0 unspecified atom stereocenters. The van der Waals surface area contributed by atoms with Gasteiger partial charge in [-0.15, -0.1) is 0 Å². The molecule has 0 amide bonds. The van der Waals surface area contributed by atoms with Crippen LogP contribution in [0.1, 0.15) is 23.2 Å². The van der Waals surface area contributed by atoms with Crippen LogP contribution in [0.3, 0.4) is 0 Å². The molecule has 0 saturated carbocycles. The summed E-state index contributed by atoms with van der Waals surface area (Å²) in [6.45, 7) is 0.572. The summed E-state index contributed by atoms with van der Waals surface area (Å²) in [6, 6.07) is 19.0. The van der Waals surface area contributed by atoms with Crippen molar-refractivity contribution in [1.29, 1.82) is 0 Å². The SMILES string of the molecule is O=C(CCCOc1ccccc1)c1ccccc1. The van der Waals surface area contributed by atoms with E-state index in [-0.39, 0.29) is 5.78 Å². The van der Waals surface area contributed by atoms with Crippen molar-refractivity contribution in [2.24, 2.45) is 0 Å². The van der Waals surface area contributed by atoms with E-state index in [2.05, 4.69) is 0 Å². The fraction of sp³-hybridized carbons (Fsp3) is 0.188. The molecule has 0 aliphatic carbocycles. The number of hydrogen-bond acceptors (Lipinski definition) is 2. The van der Waals surface area contributed by atoms with E-state index >= 15 is 0 Å². The molecule has 2 nitrogen and oxygen atoms in total. The van der Waals surface area contributed by atoms with Crippen molar-refractivity contribution in [3.05, 3.63) is 66.2 Å². The highest BCUT2D eigenvalue weighted by Gasteiger charge is 2.04. The molecule has 2 rings (SSSR count). The highest BCUT2D eigenvalue weighted by atomic mass is 16.5. The monoisotopic (exact) mass is 240 g/mol. The number of carbonyl (C=O) groups excluding carboxylic acids is 1. The number of rotatable bonds is 6. The highest BCUT2D eigenvalue weighted by Crippen LogP contribution is 2.10. The van der Waals surface area contributed by atoms with Gasteiger partial charge in [-0.1, -0.05) is 48.5 Å². The first kappa shape index (κ1) is 12.4. The molecule has 0 saturated heterocycles. The molecule has 0 N–H and O–H groups in total. The fourth-order valence-corrected chi connectivity index (χ4v) is 1.71. The second-order valence-electron chi connectivity index (χ2n) is 4.05. The standard InChI is InChI=1S/C16H16O2/c17-16(14-8-3-1-4-9-14)12-7-13-18-15-10-5-2-6-11-15/h1-6,8-11H,7,12-13H2. The van der Waals surface area contributed by atoms with Gasteiger partial charge in [0.25, 0.3) is 0 Å². The van der Waals surface area contributed by atoms with Crippen LogP contribution in [0.5, 0.6) is 5.75 Å². The number of hydrogen-bond donors (Lipinski definition) is 0. The Balaban J connectivity index is 1.72. The van der Waals surface area contributed by atoms with Crippen molar-refractivity contribution in [2.75, 3.05) is 6.61 Å². The Morgan fingerprint density at radius 2 is 1.50 bits per heavy atom. The molecule has 0 spiro atoms. The third-order valence-electron chi connectivity index (χ3n) is 2.66. The van der Waals surface area contributed by atoms with Gasteiger partial charge >= 0.3 is 0 Å². The third kappa shape index (κ3) is 3.74. The van der Waals surface area contributed by atoms with Crippen molar-refractivity contribution in [3.8, 4) is 5.75 Å². The topological polar surface area (TPSA) is 26.3 Å². The number of ether oxygens (including phenoxy) is 1. The number of Topliss-reactive ketones (excluding diaryl/α,β-unsaturated/α-hetero) is 1. The van der Waals surface area contributed by atoms with Crippen molar-refractivity contribution in [1.82, 2.24) is 0 Å². The largest absolute Gasteiger partial charge is 0.494 e. The maximum atomic E-state index is 11.8. The van der Waals surface area contributed by atoms with E-state index in [1.807, 2.05) is 60.7 Å². The van der Waals surface area contributed by atoms with E-state index in [1.165, 1.54) is 0 Å². The number of benzene rings is 2. The van der Waals surface area contributed by atoms with Gasteiger partial charge in [0.1, 0.15) is 5.75 Å².